The van der Waals surface area contributed by atoms with Gasteiger partial charge in [-0.15, -0.1) is 24.0 Å². The summed E-state index contributed by atoms with van der Waals surface area (Å²) in [6.45, 7) is 12.7. The average Bonchev–Trinajstić information content (AvgIpc) is 3.26. The summed E-state index contributed by atoms with van der Waals surface area (Å²) in [5.74, 6) is 2.28. The van der Waals surface area contributed by atoms with Crippen LogP contribution in [0.15, 0.2) is 15.6 Å². The lowest BCUT2D eigenvalue weighted by Gasteiger charge is -2.13. The minimum Gasteiger partial charge on any atom is -0.443 e. The molecule has 7 nitrogen and oxygen atoms in total. The summed E-state index contributed by atoms with van der Waals surface area (Å²) in [7, 11) is 0. The molecule has 0 aliphatic carbocycles. The molecule has 2 N–H and O–H groups in total. The molecule has 1 aliphatic heterocycles. The van der Waals surface area contributed by atoms with Gasteiger partial charge in [0.05, 0.1) is 18.9 Å². The van der Waals surface area contributed by atoms with Gasteiger partial charge < -0.3 is 24.5 Å². The fourth-order valence-corrected chi connectivity index (χ4v) is 2.59. The van der Waals surface area contributed by atoms with E-state index in [1.807, 2.05) is 6.92 Å². The van der Waals surface area contributed by atoms with E-state index in [4.69, 9.17) is 13.9 Å². The summed E-state index contributed by atoms with van der Waals surface area (Å²) in [6.07, 6.45) is 5.27. The quantitative estimate of drug-likeness (QED) is 0.238. The maximum Gasteiger partial charge on any atom is 0.216 e. The van der Waals surface area contributed by atoms with Gasteiger partial charge >= 0.3 is 0 Å². The molecular formula is C19H35IN4O3. The first-order chi connectivity index (χ1) is 12.5. The lowest BCUT2D eigenvalue weighted by atomic mass is 9.94. The smallest absolute Gasteiger partial charge is 0.216 e. The molecular weight excluding hydrogens is 459 g/mol. The molecule has 1 atom stereocenters. The Kier molecular flexibility index (Phi) is 11.2. The number of nitrogens with one attached hydrogen (secondary N) is 2. The van der Waals surface area contributed by atoms with Crippen LogP contribution in [0.4, 0.5) is 0 Å². The zero-order valence-corrected chi connectivity index (χ0v) is 19.4. The van der Waals surface area contributed by atoms with Gasteiger partial charge in [-0.1, -0.05) is 20.8 Å². The standard InChI is InChI=1S/C19H34N4O3.HI/c1-5-20-18(21-9-7-10-24-14-15-8-6-11-25-15)23-13-17-22-12-16(26-17)19(2,3)4;/h12,15H,5-11,13-14H2,1-4H3,(H2,20,21,23);1H. The second-order valence-corrected chi connectivity index (χ2v) is 7.55. The average molecular weight is 494 g/mol. The van der Waals surface area contributed by atoms with Gasteiger partial charge in [-0.3, -0.25) is 0 Å². The second-order valence-electron chi connectivity index (χ2n) is 7.55. The van der Waals surface area contributed by atoms with Crippen LogP contribution in [0.2, 0.25) is 0 Å². The summed E-state index contributed by atoms with van der Waals surface area (Å²) in [5.41, 5.74) is -0.0404. The van der Waals surface area contributed by atoms with E-state index >= 15 is 0 Å². The Balaban J connectivity index is 0.00000364. The van der Waals surface area contributed by atoms with Gasteiger partial charge in [0.2, 0.25) is 5.89 Å². The summed E-state index contributed by atoms with van der Waals surface area (Å²) in [4.78, 5) is 8.85. The molecule has 2 rings (SSSR count). The topological polar surface area (TPSA) is 80.9 Å². The van der Waals surface area contributed by atoms with Crippen molar-refractivity contribution in [2.75, 3.05) is 32.9 Å². The Morgan fingerprint density at radius 2 is 2.19 bits per heavy atom. The molecule has 0 aromatic carbocycles. The van der Waals surface area contributed by atoms with E-state index in [-0.39, 0.29) is 29.4 Å². The lowest BCUT2D eigenvalue weighted by molar-refractivity contribution is 0.0168. The minimum absolute atomic E-state index is 0. The van der Waals surface area contributed by atoms with E-state index in [9.17, 15) is 0 Å². The van der Waals surface area contributed by atoms with E-state index in [0.29, 0.717) is 25.1 Å². The van der Waals surface area contributed by atoms with Gasteiger partial charge in [0.15, 0.2) is 5.96 Å². The molecule has 1 fully saturated rings. The summed E-state index contributed by atoms with van der Waals surface area (Å²) in [6, 6.07) is 0. The van der Waals surface area contributed by atoms with Crippen LogP contribution in [-0.2, 0) is 21.4 Å². The Bertz CT molecular complexity index is 551. The fraction of sp³-hybridized carbons (Fsp3) is 0.789. The third kappa shape index (κ3) is 9.25. The highest BCUT2D eigenvalue weighted by molar-refractivity contribution is 14.0. The number of hydrogen-bond donors (Lipinski definition) is 2. The van der Waals surface area contributed by atoms with Crippen molar-refractivity contribution in [3.8, 4) is 0 Å². The van der Waals surface area contributed by atoms with Crippen molar-refractivity contribution in [3.05, 3.63) is 17.8 Å². The zero-order chi connectivity index (χ0) is 18.8. The molecule has 27 heavy (non-hydrogen) atoms. The minimum atomic E-state index is -0.0404. The van der Waals surface area contributed by atoms with Crippen LogP contribution < -0.4 is 10.6 Å². The van der Waals surface area contributed by atoms with E-state index < -0.39 is 0 Å². The van der Waals surface area contributed by atoms with E-state index in [2.05, 4.69) is 41.4 Å². The molecule has 1 saturated heterocycles. The number of nitrogens with zero attached hydrogens (tertiary/aromatic N) is 2. The normalized spacial score (nSPS) is 17.6. The molecule has 0 spiro atoms. The predicted octanol–water partition coefficient (Wildman–Crippen LogP) is 3.23. The lowest BCUT2D eigenvalue weighted by Crippen LogP contribution is -2.38. The first-order valence-corrected chi connectivity index (χ1v) is 9.65. The van der Waals surface area contributed by atoms with Gasteiger partial charge in [-0.05, 0) is 26.2 Å². The van der Waals surface area contributed by atoms with E-state index in [1.165, 1.54) is 0 Å². The Labute approximate surface area is 180 Å². The maximum atomic E-state index is 5.78. The second kappa shape index (κ2) is 12.6. The van der Waals surface area contributed by atoms with Crippen molar-refractivity contribution >= 4 is 29.9 Å². The summed E-state index contributed by atoms with van der Waals surface area (Å²) >= 11 is 0. The molecule has 0 bridgehead atoms. The van der Waals surface area contributed by atoms with Crippen LogP contribution in [-0.4, -0.2) is 50.0 Å². The van der Waals surface area contributed by atoms with Crippen LogP contribution >= 0.6 is 24.0 Å². The van der Waals surface area contributed by atoms with Crippen LogP contribution in [0.3, 0.4) is 0 Å². The van der Waals surface area contributed by atoms with Crippen molar-refractivity contribution in [3.63, 3.8) is 0 Å². The van der Waals surface area contributed by atoms with Crippen LogP contribution in [0.5, 0.6) is 0 Å². The van der Waals surface area contributed by atoms with Gasteiger partial charge in [0.25, 0.3) is 0 Å². The van der Waals surface area contributed by atoms with Crippen LogP contribution in [0.1, 0.15) is 58.6 Å². The van der Waals surface area contributed by atoms with Gasteiger partial charge in [-0.25, -0.2) is 9.98 Å². The molecule has 156 valence electrons. The highest BCUT2D eigenvalue weighted by Gasteiger charge is 2.19. The first kappa shape index (κ1) is 24.2. The molecule has 0 radical (unpaired) electrons. The monoisotopic (exact) mass is 494 g/mol. The number of guanidine groups is 1. The van der Waals surface area contributed by atoms with Crippen molar-refractivity contribution in [1.82, 2.24) is 15.6 Å². The Morgan fingerprint density at radius 3 is 2.81 bits per heavy atom. The summed E-state index contributed by atoms with van der Waals surface area (Å²) in [5, 5.41) is 6.55. The van der Waals surface area contributed by atoms with Crippen molar-refractivity contribution in [2.24, 2.45) is 4.99 Å². The molecule has 1 aliphatic rings. The molecule has 0 amide bonds. The number of oxazole rings is 1. The SMILES string of the molecule is CCNC(=NCc1ncc(C(C)(C)C)o1)NCCCOCC1CCCO1.I. The fourth-order valence-electron chi connectivity index (χ4n) is 2.59. The molecule has 1 aromatic heterocycles. The number of ether oxygens (including phenoxy) is 2. The number of aromatic nitrogens is 1. The van der Waals surface area contributed by atoms with E-state index in [0.717, 1.165) is 57.3 Å². The maximum absolute atomic E-state index is 5.78. The molecule has 1 unspecified atom stereocenters. The number of aliphatic imine (C=N–C) groups is 1. The Morgan fingerprint density at radius 1 is 1.37 bits per heavy atom. The number of rotatable bonds is 9. The third-order valence-corrected chi connectivity index (χ3v) is 4.10. The third-order valence-electron chi connectivity index (χ3n) is 4.10. The van der Waals surface area contributed by atoms with Crippen molar-refractivity contribution < 1.29 is 13.9 Å². The number of halogens is 1. The zero-order valence-electron chi connectivity index (χ0n) is 17.0. The predicted molar refractivity (Wildman–Crippen MR) is 118 cm³/mol. The van der Waals surface area contributed by atoms with Gasteiger partial charge in [0, 0.05) is 31.7 Å². The molecule has 0 saturated carbocycles. The molecule has 1 aromatic rings. The first-order valence-electron chi connectivity index (χ1n) is 9.65. The van der Waals surface area contributed by atoms with Gasteiger partial charge in [0.1, 0.15) is 12.3 Å². The molecule has 8 heteroatoms. The highest BCUT2D eigenvalue weighted by atomic mass is 127. The number of hydrogen-bond acceptors (Lipinski definition) is 5. The largest absolute Gasteiger partial charge is 0.443 e. The Hall–Kier alpha value is -0.870. The van der Waals surface area contributed by atoms with Gasteiger partial charge in [-0.2, -0.15) is 0 Å². The highest BCUT2D eigenvalue weighted by Crippen LogP contribution is 2.22. The summed E-state index contributed by atoms with van der Waals surface area (Å²) < 4.78 is 17.0. The van der Waals surface area contributed by atoms with Crippen molar-refractivity contribution in [2.45, 2.75) is 65.0 Å². The van der Waals surface area contributed by atoms with Crippen molar-refractivity contribution in [1.29, 1.82) is 0 Å². The van der Waals surface area contributed by atoms with Crippen LogP contribution in [0, 0.1) is 0 Å². The van der Waals surface area contributed by atoms with Crippen LogP contribution in [0.25, 0.3) is 0 Å². The molecule has 2 heterocycles. The van der Waals surface area contributed by atoms with E-state index in [1.54, 1.807) is 6.20 Å².